The zero-order valence-electron chi connectivity index (χ0n) is 10.1. The molecule has 3 N–H and O–H groups in total. The van der Waals surface area contributed by atoms with E-state index in [0.29, 0.717) is 10.8 Å². The Kier molecular flexibility index (Phi) is 4.21. The van der Waals surface area contributed by atoms with Crippen molar-refractivity contribution in [3.8, 4) is 0 Å². The third-order valence-corrected chi connectivity index (χ3v) is 2.61. The van der Waals surface area contributed by atoms with Gasteiger partial charge in [-0.25, -0.2) is 9.59 Å². The Morgan fingerprint density at radius 2 is 2.15 bits per heavy atom. The lowest BCUT2D eigenvalue weighted by Crippen LogP contribution is -2.28. The molecule has 0 bridgehead atoms. The SMILES string of the molecule is O=C(NCc1ccno1)Nc1cc(Cl)ccc1C(=O)O. The minimum Gasteiger partial charge on any atom is -0.478 e. The van der Waals surface area contributed by atoms with Crippen molar-refractivity contribution >= 4 is 29.3 Å². The first-order valence-electron chi connectivity index (χ1n) is 5.53. The quantitative estimate of drug-likeness (QED) is 0.803. The number of rotatable bonds is 4. The van der Waals surface area contributed by atoms with Crippen LogP contribution in [0.3, 0.4) is 0 Å². The number of hydrogen-bond acceptors (Lipinski definition) is 4. The number of halogens is 1. The lowest BCUT2D eigenvalue weighted by molar-refractivity contribution is 0.0698. The van der Waals surface area contributed by atoms with Crippen LogP contribution in [0.15, 0.2) is 35.0 Å². The van der Waals surface area contributed by atoms with Crippen LogP contribution in [0.2, 0.25) is 5.02 Å². The molecule has 1 aromatic carbocycles. The number of carboxylic acid groups (broad SMARTS) is 1. The highest BCUT2D eigenvalue weighted by Crippen LogP contribution is 2.21. The molecule has 2 rings (SSSR count). The van der Waals surface area contributed by atoms with Crippen molar-refractivity contribution < 1.29 is 19.2 Å². The largest absolute Gasteiger partial charge is 0.478 e. The van der Waals surface area contributed by atoms with Gasteiger partial charge in [0.05, 0.1) is 24.0 Å². The smallest absolute Gasteiger partial charge is 0.337 e. The van der Waals surface area contributed by atoms with Crippen molar-refractivity contribution in [3.63, 3.8) is 0 Å². The molecular formula is C12H10ClN3O4. The number of anilines is 1. The van der Waals surface area contributed by atoms with Crippen molar-refractivity contribution in [2.75, 3.05) is 5.32 Å². The average molecular weight is 296 g/mol. The highest BCUT2D eigenvalue weighted by molar-refractivity contribution is 6.31. The normalized spacial score (nSPS) is 10.1. The Bertz CT molecular complexity index is 628. The topological polar surface area (TPSA) is 104 Å². The highest BCUT2D eigenvalue weighted by atomic mass is 35.5. The van der Waals surface area contributed by atoms with Crippen LogP contribution < -0.4 is 10.6 Å². The van der Waals surface area contributed by atoms with Gasteiger partial charge >= 0.3 is 12.0 Å². The van der Waals surface area contributed by atoms with Gasteiger partial charge in [0, 0.05) is 11.1 Å². The molecule has 2 amide bonds. The van der Waals surface area contributed by atoms with E-state index in [1.807, 2.05) is 0 Å². The second-order valence-electron chi connectivity index (χ2n) is 3.78. The molecule has 0 radical (unpaired) electrons. The van der Waals surface area contributed by atoms with Crippen molar-refractivity contribution in [2.24, 2.45) is 0 Å². The predicted octanol–water partition coefficient (Wildman–Crippen LogP) is 2.35. The van der Waals surface area contributed by atoms with Gasteiger partial charge in [-0.1, -0.05) is 16.8 Å². The molecule has 0 aliphatic heterocycles. The maximum Gasteiger partial charge on any atom is 0.337 e. The number of nitrogens with zero attached hydrogens (tertiary/aromatic N) is 1. The molecule has 7 nitrogen and oxygen atoms in total. The van der Waals surface area contributed by atoms with Crippen molar-refractivity contribution in [3.05, 3.63) is 46.8 Å². The second kappa shape index (κ2) is 6.07. The van der Waals surface area contributed by atoms with E-state index in [9.17, 15) is 9.59 Å². The van der Waals surface area contributed by atoms with Gasteiger partial charge < -0.3 is 20.3 Å². The summed E-state index contributed by atoms with van der Waals surface area (Å²) in [6.45, 7) is 0.134. The van der Waals surface area contributed by atoms with Crippen LogP contribution in [0.5, 0.6) is 0 Å². The minimum absolute atomic E-state index is 0.0517. The monoisotopic (exact) mass is 295 g/mol. The number of hydrogen-bond donors (Lipinski definition) is 3. The number of carbonyl (C=O) groups excluding carboxylic acids is 1. The zero-order valence-corrected chi connectivity index (χ0v) is 10.8. The fourth-order valence-electron chi connectivity index (χ4n) is 1.47. The number of carbonyl (C=O) groups is 2. The number of amides is 2. The first kappa shape index (κ1) is 13.9. The number of benzene rings is 1. The number of aromatic nitrogens is 1. The summed E-state index contributed by atoms with van der Waals surface area (Å²) in [7, 11) is 0. The molecule has 0 spiro atoms. The Morgan fingerprint density at radius 1 is 1.35 bits per heavy atom. The maximum absolute atomic E-state index is 11.7. The molecule has 8 heteroatoms. The summed E-state index contributed by atoms with van der Waals surface area (Å²) in [6.07, 6.45) is 1.45. The molecule has 0 aliphatic rings. The summed E-state index contributed by atoms with van der Waals surface area (Å²) < 4.78 is 4.81. The number of nitrogens with one attached hydrogen (secondary N) is 2. The number of urea groups is 1. The van der Waals surface area contributed by atoms with Crippen LogP contribution in [0, 0.1) is 0 Å². The van der Waals surface area contributed by atoms with Crippen LogP contribution in [0.25, 0.3) is 0 Å². The van der Waals surface area contributed by atoms with E-state index in [-0.39, 0.29) is 17.8 Å². The van der Waals surface area contributed by atoms with Crippen molar-refractivity contribution in [2.45, 2.75) is 6.54 Å². The fraction of sp³-hybridized carbons (Fsp3) is 0.0833. The van der Waals surface area contributed by atoms with E-state index in [4.69, 9.17) is 21.2 Å². The molecule has 2 aromatic rings. The molecule has 0 saturated carbocycles. The van der Waals surface area contributed by atoms with E-state index < -0.39 is 12.0 Å². The number of aromatic carboxylic acids is 1. The van der Waals surface area contributed by atoms with E-state index in [0.717, 1.165) is 0 Å². The van der Waals surface area contributed by atoms with Crippen molar-refractivity contribution in [1.29, 1.82) is 0 Å². The molecule has 104 valence electrons. The van der Waals surface area contributed by atoms with Gasteiger partial charge in [-0.3, -0.25) is 0 Å². The van der Waals surface area contributed by atoms with E-state index in [1.165, 1.54) is 24.4 Å². The van der Waals surface area contributed by atoms with E-state index >= 15 is 0 Å². The fourth-order valence-corrected chi connectivity index (χ4v) is 1.65. The lowest BCUT2D eigenvalue weighted by atomic mass is 10.2. The Morgan fingerprint density at radius 3 is 2.80 bits per heavy atom. The van der Waals surface area contributed by atoms with Crippen LogP contribution in [-0.4, -0.2) is 22.3 Å². The lowest BCUT2D eigenvalue weighted by Gasteiger charge is -2.09. The first-order chi connectivity index (χ1) is 9.56. The average Bonchev–Trinajstić information content (AvgIpc) is 2.89. The zero-order chi connectivity index (χ0) is 14.5. The third kappa shape index (κ3) is 3.48. The number of carboxylic acids is 1. The molecule has 1 heterocycles. The summed E-state index contributed by atoms with van der Waals surface area (Å²) in [5.74, 6) is -0.683. The van der Waals surface area contributed by atoms with Crippen LogP contribution in [0.1, 0.15) is 16.1 Å². The molecule has 0 fully saturated rings. The minimum atomic E-state index is -1.16. The highest BCUT2D eigenvalue weighted by Gasteiger charge is 2.13. The van der Waals surface area contributed by atoms with Crippen LogP contribution in [0.4, 0.5) is 10.5 Å². The summed E-state index contributed by atoms with van der Waals surface area (Å²) in [6, 6.07) is 5.13. The van der Waals surface area contributed by atoms with Gasteiger partial charge in [-0.15, -0.1) is 0 Å². The van der Waals surface area contributed by atoms with Gasteiger partial charge in [0.25, 0.3) is 0 Å². The summed E-state index contributed by atoms with van der Waals surface area (Å²) >= 11 is 5.78. The molecule has 0 saturated heterocycles. The van der Waals surface area contributed by atoms with Crippen LogP contribution >= 0.6 is 11.6 Å². The maximum atomic E-state index is 11.7. The second-order valence-corrected chi connectivity index (χ2v) is 4.22. The molecule has 0 aliphatic carbocycles. The first-order valence-corrected chi connectivity index (χ1v) is 5.91. The summed E-state index contributed by atoms with van der Waals surface area (Å²) in [5, 5.41) is 17.7. The van der Waals surface area contributed by atoms with E-state index in [1.54, 1.807) is 6.07 Å². The third-order valence-electron chi connectivity index (χ3n) is 2.37. The molecule has 0 atom stereocenters. The molecule has 0 unspecified atom stereocenters. The standard InChI is InChI=1S/C12H10ClN3O4/c13-7-1-2-9(11(17)18)10(5-7)16-12(19)14-6-8-3-4-15-20-8/h1-5H,6H2,(H,17,18)(H2,14,16,19). The summed E-state index contributed by atoms with van der Waals surface area (Å²) in [5.41, 5.74) is 0.0595. The Labute approximate surface area is 118 Å². The van der Waals surface area contributed by atoms with Gasteiger partial charge in [0.1, 0.15) is 0 Å². The van der Waals surface area contributed by atoms with Gasteiger partial charge in [-0.05, 0) is 18.2 Å². The molecule has 1 aromatic heterocycles. The van der Waals surface area contributed by atoms with Crippen LogP contribution in [-0.2, 0) is 6.54 Å². The van der Waals surface area contributed by atoms with Gasteiger partial charge in [0.15, 0.2) is 5.76 Å². The molecular weight excluding hydrogens is 286 g/mol. The van der Waals surface area contributed by atoms with Gasteiger partial charge in [-0.2, -0.15) is 0 Å². The predicted molar refractivity (Wildman–Crippen MR) is 70.8 cm³/mol. The summed E-state index contributed by atoms with van der Waals surface area (Å²) in [4.78, 5) is 22.7. The van der Waals surface area contributed by atoms with Crippen molar-refractivity contribution in [1.82, 2.24) is 10.5 Å². The van der Waals surface area contributed by atoms with E-state index in [2.05, 4.69) is 15.8 Å². The van der Waals surface area contributed by atoms with Gasteiger partial charge in [0.2, 0.25) is 0 Å². The molecule has 20 heavy (non-hydrogen) atoms. The Hall–Kier alpha value is -2.54. The Balaban J connectivity index is 2.03.